The van der Waals surface area contributed by atoms with Gasteiger partial charge in [0.2, 0.25) is 0 Å². The normalized spacial score (nSPS) is 20.3. The second kappa shape index (κ2) is 7.37. The maximum absolute atomic E-state index is 12.9. The Hall–Kier alpha value is -2.31. The lowest BCUT2D eigenvalue weighted by molar-refractivity contribution is 0.0235. The largest absolute Gasteiger partial charge is 0.393 e. The third-order valence-corrected chi connectivity index (χ3v) is 6.53. The summed E-state index contributed by atoms with van der Waals surface area (Å²) in [6.07, 6.45) is 3.78. The number of hydrogen-bond acceptors (Lipinski definition) is 5. The van der Waals surface area contributed by atoms with Crippen molar-refractivity contribution in [3.63, 3.8) is 0 Å². The lowest BCUT2D eigenvalue weighted by Gasteiger charge is -2.38. The Morgan fingerprint density at radius 3 is 2.85 bits per heavy atom. The number of aliphatic hydroxyl groups excluding tert-OH is 1. The highest BCUT2D eigenvalue weighted by Crippen LogP contribution is 2.39. The number of carbonyl (C=O) groups excluding carboxylic acids is 1. The molecule has 2 aromatic heterocycles. The van der Waals surface area contributed by atoms with Crippen LogP contribution >= 0.6 is 11.3 Å². The maximum Gasteiger partial charge on any atom is 0.263 e. The molecular weight excluding hydrogens is 358 g/mol. The fourth-order valence-corrected chi connectivity index (χ4v) is 4.56. The molecule has 1 aromatic carbocycles. The fraction of sp³-hybridized carbons (Fsp3) is 0.381. The molecule has 6 heteroatoms. The molecule has 27 heavy (non-hydrogen) atoms. The van der Waals surface area contributed by atoms with E-state index in [2.05, 4.69) is 21.4 Å². The van der Waals surface area contributed by atoms with E-state index in [4.69, 9.17) is 0 Å². The minimum absolute atomic E-state index is 0.0933. The number of aryl methyl sites for hydroxylation is 2. The summed E-state index contributed by atoms with van der Waals surface area (Å²) in [6, 6.07) is 9.89. The molecule has 0 spiro atoms. The lowest BCUT2D eigenvalue weighted by atomic mass is 9.75. The first-order chi connectivity index (χ1) is 13.0. The van der Waals surface area contributed by atoms with Gasteiger partial charge in [0.25, 0.3) is 5.91 Å². The van der Waals surface area contributed by atoms with Gasteiger partial charge in [-0.05, 0) is 49.8 Å². The average Bonchev–Trinajstić information content (AvgIpc) is 3.04. The van der Waals surface area contributed by atoms with Crippen LogP contribution in [0.25, 0.3) is 10.9 Å². The van der Waals surface area contributed by atoms with Gasteiger partial charge in [0.15, 0.2) is 0 Å². The number of pyridine rings is 1. The summed E-state index contributed by atoms with van der Waals surface area (Å²) in [6.45, 7) is 3.92. The van der Waals surface area contributed by atoms with Crippen LogP contribution in [0, 0.1) is 12.8 Å². The van der Waals surface area contributed by atoms with E-state index in [1.807, 2.05) is 44.3 Å². The van der Waals surface area contributed by atoms with Crippen LogP contribution in [0.1, 0.15) is 51.7 Å². The standard InChI is InChI=1S/C21H23N3O2S/c1-3-18-23-12(2)20(27-18)21(26)24-19(14-9-16(25)10-14)15-8-13-6-4-5-7-17(13)22-11-15/h4-8,11,14,16,19,25H,3,9-10H2,1-2H3,(H,24,26). The van der Waals surface area contributed by atoms with Gasteiger partial charge in [0, 0.05) is 11.6 Å². The van der Waals surface area contributed by atoms with Crippen molar-refractivity contribution in [2.24, 2.45) is 5.92 Å². The lowest BCUT2D eigenvalue weighted by Crippen LogP contribution is -2.41. The molecule has 1 saturated carbocycles. The van der Waals surface area contributed by atoms with E-state index in [9.17, 15) is 9.90 Å². The topological polar surface area (TPSA) is 75.1 Å². The van der Waals surface area contributed by atoms with Crippen molar-refractivity contribution in [3.05, 3.63) is 57.7 Å². The summed E-state index contributed by atoms with van der Waals surface area (Å²) in [5, 5.41) is 15.0. The quantitative estimate of drug-likeness (QED) is 0.705. The number of aliphatic hydroxyl groups is 1. The van der Waals surface area contributed by atoms with E-state index < -0.39 is 0 Å². The second-order valence-electron chi connectivity index (χ2n) is 7.17. The van der Waals surface area contributed by atoms with Gasteiger partial charge in [-0.3, -0.25) is 9.78 Å². The van der Waals surface area contributed by atoms with E-state index in [0.29, 0.717) is 17.7 Å². The Labute approximate surface area is 162 Å². The van der Waals surface area contributed by atoms with Gasteiger partial charge in [-0.1, -0.05) is 25.1 Å². The molecule has 5 nitrogen and oxygen atoms in total. The number of carbonyl (C=O) groups is 1. The number of hydrogen-bond donors (Lipinski definition) is 2. The first-order valence-corrected chi connectivity index (χ1v) is 10.2. The number of benzene rings is 1. The van der Waals surface area contributed by atoms with E-state index in [-0.39, 0.29) is 24.0 Å². The third-order valence-electron chi connectivity index (χ3n) is 5.23. The zero-order valence-corrected chi connectivity index (χ0v) is 16.3. The first-order valence-electron chi connectivity index (χ1n) is 9.35. The molecule has 2 N–H and O–H groups in total. The van der Waals surface area contributed by atoms with Crippen molar-refractivity contribution in [2.45, 2.75) is 45.3 Å². The monoisotopic (exact) mass is 381 g/mol. The van der Waals surface area contributed by atoms with E-state index >= 15 is 0 Å². The highest BCUT2D eigenvalue weighted by atomic mass is 32.1. The molecule has 1 aliphatic carbocycles. The van der Waals surface area contributed by atoms with Crippen LogP contribution in [0.5, 0.6) is 0 Å². The number of thiazole rings is 1. The van der Waals surface area contributed by atoms with Crippen molar-refractivity contribution < 1.29 is 9.90 Å². The molecule has 0 bridgehead atoms. The summed E-state index contributed by atoms with van der Waals surface area (Å²) in [5.41, 5.74) is 2.70. The van der Waals surface area contributed by atoms with Crippen LogP contribution in [-0.4, -0.2) is 27.1 Å². The number of nitrogens with one attached hydrogen (secondary N) is 1. The van der Waals surface area contributed by atoms with Crippen LogP contribution in [0.3, 0.4) is 0 Å². The van der Waals surface area contributed by atoms with Gasteiger partial charge in [-0.15, -0.1) is 11.3 Å². The van der Waals surface area contributed by atoms with E-state index in [1.165, 1.54) is 11.3 Å². The molecule has 1 atom stereocenters. The summed E-state index contributed by atoms with van der Waals surface area (Å²) in [5.74, 6) is 0.120. The van der Waals surface area contributed by atoms with Crippen molar-refractivity contribution in [2.75, 3.05) is 0 Å². The summed E-state index contributed by atoms with van der Waals surface area (Å²) in [7, 11) is 0. The predicted molar refractivity (Wildman–Crippen MR) is 107 cm³/mol. The highest BCUT2D eigenvalue weighted by molar-refractivity contribution is 7.13. The molecule has 0 aliphatic heterocycles. The number of nitrogens with zero attached hydrogens (tertiary/aromatic N) is 2. The van der Waals surface area contributed by atoms with E-state index in [0.717, 1.165) is 33.6 Å². The zero-order chi connectivity index (χ0) is 19.0. The Morgan fingerprint density at radius 2 is 2.15 bits per heavy atom. The molecule has 1 unspecified atom stereocenters. The van der Waals surface area contributed by atoms with E-state index in [1.54, 1.807) is 0 Å². The molecule has 1 fully saturated rings. The number of amides is 1. The minimum Gasteiger partial charge on any atom is -0.393 e. The van der Waals surface area contributed by atoms with Gasteiger partial charge < -0.3 is 10.4 Å². The van der Waals surface area contributed by atoms with Crippen LogP contribution in [0.2, 0.25) is 0 Å². The third kappa shape index (κ3) is 3.59. The Morgan fingerprint density at radius 1 is 1.37 bits per heavy atom. The Kier molecular flexibility index (Phi) is 4.93. The van der Waals surface area contributed by atoms with Crippen molar-refractivity contribution in [1.82, 2.24) is 15.3 Å². The highest BCUT2D eigenvalue weighted by Gasteiger charge is 2.36. The molecular formula is C21H23N3O2S. The van der Waals surface area contributed by atoms with Crippen molar-refractivity contribution >= 4 is 28.1 Å². The fourth-order valence-electron chi connectivity index (χ4n) is 3.65. The number of rotatable bonds is 5. The first kappa shape index (κ1) is 18.1. The maximum atomic E-state index is 12.9. The summed E-state index contributed by atoms with van der Waals surface area (Å²) < 4.78 is 0. The minimum atomic E-state index is -0.278. The average molecular weight is 382 g/mol. The molecule has 4 rings (SSSR count). The predicted octanol–water partition coefficient (Wildman–Crippen LogP) is 3.80. The Bertz CT molecular complexity index is 978. The smallest absolute Gasteiger partial charge is 0.263 e. The van der Waals surface area contributed by atoms with Gasteiger partial charge in [-0.2, -0.15) is 0 Å². The summed E-state index contributed by atoms with van der Waals surface area (Å²) in [4.78, 5) is 22.6. The van der Waals surface area contributed by atoms with Gasteiger partial charge >= 0.3 is 0 Å². The van der Waals surface area contributed by atoms with Crippen LogP contribution in [0.15, 0.2) is 36.5 Å². The molecule has 0 saturated heterocycles. The molecule has 1 amide bonds. The molecule has 2 heterocycles. The molecule has 1 aliphatic rings. The number of fused-ring (bicyclic) bond motifs is 1. The number of para-hydroxylation sites is 1. The van der Waals surface area contributed by atoms with Crippen LogP contribution < -0.4 is 5.32 Å². The number of aromatic nitrogens is 2. The Balaban J connectivity index is 1.64. The summed E-state index contributed by atoms with van der Waals surface area (Å²) >= 11 is 1.46. The van der Waals surface area contributed by atoms with Crippen molar-refractivity contribution in [1.29, 1.82) is 0 Å². The molecule has 0 radical (unpaired) electrons. The van der Waals surface area contributed by atoms with Crippen molar-refractivity contribution in [3.8, 4) is 0 Å². The molecule has 140 valence electrons. The van der Waals surface area contributed by atoms with Gasteiger partial charge in [0.1, 0.15) is 4.88 Å². The van der Waals surface area contributed by atoms with Crippen LogP contribution in [-0.2, 0) is 6.42 Å². The zero-order valence-electron chi connectivity index (χ0n) is 15.5. The molecule has 3 aromatic rings. The van der Waals surface area contributed by atoms with Gasteiger partial charge in [0.05, 0.1) is 28.4 Å². The second-order valence-corrected chi connectivity index (χ2v) is 8.26. The SMILES string of the molecule is CCc1nc(C)c(C(=O)NC(c2cnc3ccccc3c2)C2CC(O)C2)s1. The van der Waals surface area contributed by atoms with Gasteiger partial charge in [-0.25, -0.2) is 4.98 Å². The van der Waals surface area contributed by atoms with Crippen LogP contribution in [0.4, 0.5) is 0 Å².